The van der Waals surface area contributed by atoms with Crippen LogP contribution < -0.4 is 9.47 Å². The Morgan fingerprint density at radius 2 is 0.886 bits per heavy atom. The third-order valence-electron chi connectivity index (χ3n) is 6.20. The van der Waals surface area contributed by atoms with Crippen molar-refractivity contribution < 1.29 is 9.47 Å². The van der Waals surface area contributed by atoms with Crippen molar-refractivity contribution in [2.24, 2.45) is 0 Å². The predicted molar refractivity (Wildman–Crippen MR) is 142 cm³/mol. The number of terminal acetylenes is 2. The van der Waals surface area contributed by atoms with Crippen LogP contribution in [-0.4, -0.2) is 0 Å². The second-order valence-corrected chi connectivity index (χ2v) is 8.93. The van der Waals surface area contributed by atoms with Gasteiger partial charge >= 0.3 is 0 Å². The predicted octanol–water partition coefficient (Wildman–Crippen LogP) is 7.13. The quantitative estimate of drug-likeness (QED) is 0.263. The van der Waals surface area contributed by atoms with E-state index in [4.69, 9.17) is 22.3 Å². The van der Waals surface area contributed by atoms with Gasteiger partial charge < -0.3 is 9.47 Å². The normalized spacial score (nSPS) is 10.7. The number of benzene rings is 4. The molecule has 0 bridgehead atoms. The van der Waals surface area contributed by atoms with E-state index < -0.39 is 0 Å². The Labute approximate surface area is 208 Å². The average molecular weight is 457 g/mol. The van der Waals surface area contributed by atoms with Crippen LogP contribution in [0.1, 0.15) is 47.2 Å². The van der Waals surface area contributed by atoms with Crippen LogP contribution in [0, 0.1) is 24.7 Å². The summed E-state index contributed by atoms with van der Waals surface area (Å²) in [5, 5.41) is 0. The Kier molecular flexibility index (Phi) is 7.25. The molecular formula is C33H28O2. The highest BCUT2D eigenvalue weighted by molar-refractivity contribution is 5.42. The minimum Gasteiger partial charge on any atom is -0.489 e. The monoisotopic (exact) mass is 456 g/mol. The van der Waals surface area contributed by atoms with Crippen molar-refractivity contribution in [1.29, 1.82) is 0 Å². The topological polar surface area (TPSA) is 18.5 Å². The van der Waals surface area contributed by atoms with Crippen LogP contribution >= 0.6 is 0 Å². The number of rotatable bonds is 8. The average Bonchev–Trinajstić information content (AvgIpc) is 2.92. The second kappa shape index (κ2) is 10.7. The van der Waals surface area contributed by atoms with Gasteiger partial charge in [-0.2, -0.15) is 0 Å². The molecule has 0 radical (unpaired) electrons. The summed E-state index contributed by atoms with van der Waals surface area (Å²) in [7, 11) is 0. The lowest BCUT2D eigenvalue weighted by Crippen LogP contribution is -2.18. The number of hydrogen-bond donors (Lipinski definition) is 0. The van der Waals surface area contributed by atoms with E-state index in [1.165, 1.54) is 11.1 Å². The Bertz CT molecular complexity index is 1220. The Morgan fingerprint density at radius 1 is 0.543 bits per heavy atom. The third-order valence-corrected chi connectivity index (χ3v) is 6.20. The van der Waals surface area contributed by atoms with E-state index in [-0.39, 0.29) is 5.41 Å². The molecule has 4 rings (SSSR count). The molecule has 0 amide bonds. The summed E-state index contributed by atoms with van der Waals surface area (Å²) >= 11 is 0. The molecule has 0 saturated heterocycles. The van der Waals surface area contributed by atoms with Crippen molar-refractivity contribution in [1.82, 2.24) is 0 Å². The zero-order valence-corrected chi connectivity index (χ0v) is 20.1. The van der Waals surface area contributed by atoms with Crippen LogP contribution in [0.15, 0.2) is 97.1 Å². The van der Waals surface area contributed by atoms with Crippen LogP contribution in [0.5, 0.6) is 11.5 Å². The molecule has 0 aliphatic carbocycles. The summed E-state index contributed by atoms with van der Waals surface area (Å²) in [6.07, 6.45) is 10.8. The Morgan fingerprint density at radius 3 is 1.20 bits per heavy atom. The molecular weight excluding hydrogens is 428 g/mol. The maximum absolute atomic E-state index is 5.95. The number of ether oxygens (including phenoxy) is 2. The van der Waals surface area contributed by atoms with Crippen molar-refractivity contribution in [3.05, 3.63) is 130 Å². The van der Waals surface area contributed by atoms with Crippen molar-refractivity contribution in [3.63, 3.8) is 0 Å². The largest absolute Gasteiger partial charge is 0.489 e. The molecule has 2 nitrogen and oxygen atoms in total. The lowest BCUT2D eigenvalue weighted by Gasteiger charge is -2.26. The molecule has 0 aliphatic rings. The van der Waals surface area contributed by atoms with Gasteiger partial charge in [0, 0.05) is 16.5 Å². The molecule has 2 heteroatoms. The summed E-state index contributed by atoms with van der Waals surface area (Å²) in [5.74, 6) is 6.93. The van der Waals surface area contributed by atoms with Crippen LogP contribution in [-0.2, 0) is 18.6 Å². The highest BCUT2D eigenvalue weighted by Gasteiger charge is 2.23. The van der Waals surface area contributed by atoms with Gasteiger partial charge in [-0.15, -0.1) is 12.8 Å². The summed E-state index contributed by atoms with van der Waals surface area (Å²) in [4.78, 5) is 0. The third kappa shape index (κ3) is 5.94. The summed E-state index contributed by atoms with van der Waals surface area (Å²) in [6.45, 7) is 5.45. The minimum absolute atomic E-state index is 0.160. The standard InChI is InChI=1S/C33H28O2/c1-5-25-7-11-27(12-8-25)23-34-31-19-15-29(16-20-31)33(3,4)30-17-21-32(22-18-30)35-24-28-13-9-26(6-2)10-14-28/h1-2,7-22H,23-24H2,3-4H3. The van der Waals surface area contributed by atoms with E-state index in [2.05, 4.69) is 50.0 Å². The molecule has 0 fully saturated rings. The maximum Gasteiger partial charge on any atom is 0.119 e. The first-order valence-corrected chi connectivity index (χ1v) is 11.6. The highest BCUT2D eigenvalue weighted by atomic mass is 16.5. The van der Waals surface area contributed by atoms with E-state index in [9.17, 15) is 0 Å². The number of hydrogen-bond acceptors (Lipinski definition) is 2. The molecule has 0 heterocycles. The van der Waals surface area contributed by atoms with Crippen LogP contribution in [0.3, 0.4) is 0 Å². The van der Waals surface area contributed by atoms with E-state index in [0.717, 1.165) is 33.8 Å². The van der Waals surface area contributed by atoms with Crippen LogP contribution in [0.2, 0.25) is 0 Å². The van der Waals surface area contributed by atoms with E-state index in [1.807, 2.05) is 72.8 Å². The Balaban J connectivity index is 1.36. The van der Waals surface area contributed by atoms with Gasteiger partial charge in [0.15, 0.2) is 0 Å². The zero-order chi connectivity index (χ0) is 24.7. The summed E-state index contributed by atoms with van der Waals surface area (Å²) in [6, 6.07) is 32.3. The fourth-order valence-electron chi connectivity index (χ4n) is 3.83. The van der Waals surface area contributed by atoms with Gasteiger partial charge in [0.25, 0.3) is 0 Å². The van der Waals surface area contributed by atoms with Gasteiger partial charge in [0.1, 0.15) is 24.7 Å². The SMILES string of the molecule is C#Cc1ccc(COc2ccc(C(C)(C)c3ccc(OCc4ccc(C#C)cc4)cc3)cc2)cc1. The highest BCUT2D eigenvalue weighted by Crippen LogP contribution is 2.33. The lowest BCUT2D eigenvalue weighted by molar-refractivity contribution is 0.306. The zero-order valence-electron chi connectivity index (χ0n) is 20.1. The van der Waals surface area contributed by atoms with E-state index in [1.54, 1.807) is 0 Å². The molecule has 0 aliphatic heterocycles. The molecule has 0 N–H and O–H groups in total. The van der Waals surface area contributed by atoms with Gasteiger partial charge in [-0.05, 0) is 70.8 Å². The molecule has 35 heavy (non-hydrogen) atoms. The fraction of sp³-hybridized carbons (Fsp3) is 0.152. The Hall–Kier alpha value is -4.40. The molecule has 0 unspecified atom stereocenters. The first kappa shape index (κ1) is 23.7. The minimum atomic E-state index is -0.160. The lowest BCUT2D eigenvalue weighted by atomic mass is 9.78. The van der Waals surface area contributed by atoms with Crippen molar-refractivity contribution in [2.45, 2.75) is 32.5 Å². The molecule has 0 saturated carbocycles. The first-order valence-electron chi connectivity index (χ1n) is 11.6. The molecule has 172 valence electrons. The van der Waals surface area contributed by atoms with Gasteiger partial charge in [-0.25, -0.2) is 0 Å². The van der Waals surface area contributed by atoms with Gasteiger partial charge in [-0.1, -0.05) is 74.2 Å². The first-order chi connectivity index (χ1) is 17.0. The van der Waals surface area contributed by atoms with Crippen molar-refractivity contribution in [3.8, 4) is 36.2 Å². The maximum atomic E-state index is 5.95. The molecule has 4 aromatic carbocycles. The van der Waals surface area contributed by atoms with Gasteiger partial charge in [0.05, 0.1) is 0 Å². The van der Waals surface area contributed by atoms with Gasteiger partial charge in [0.2, 0.25) is 0 Å². The molecule has 0 atom stereocenters. The second-order valence-electron chi connectivity index (χ2n) is 8.93. The van der Waals surface area contributed by atoms with Crippen molar-refractivity contribution in [2.75, 3.05) is 0 Å². The summed E-state index contributed by atoms with van der Waals surface area (Å²) in [5.41, 5.74) is 6.18. The van der Waals surface area contributed by atoms with Crippen LogP contribution in [0.25, 0.3) is 0 Å². The molecule has 0 spiro atoms. The van der Waals surface area contributed by atoms with Gasteiger partial charge in [-0.3, -0.25) is 0 Å². The van der Waals surface area contributed by atoms with E-state index >= 15 is 0 Å². The van der Waals surface area contributed by atoms with Crippen molar-refractivity contribution >= 4 is 0 Å². The summed E-state index contributed by atoms with van der Waals surface area (Å²) < 4.78 is 11.9. The van der Waals surface area contributed by atoms with Crippen LogP contribution in [0.4, 0.5) is 0 Å². The molecule has 4 aromatic rings. The smallest absolute Gasteiger partial charge is 0.119 e. The molecule has 0 aromatic heterocycles. The van der Waals surface area contributed by atoms with E-state index in [0.29, 0.717) is 13.2 Å². The fourth-order valence-corrected chi connectivity index (χ4v) is 3.83.